The van der Waals surface area contributed by atoms with E-state index in [0.29, 0.717) is 22.5 Å². The Morgan fingerprint density at radius 2 is 1.85 bits per heavy atom. The molecule has 0 spiro atoms. The number of aliphatic hydroxyl groups excluding tert-OH is 1. The van der Waals surface area contributed by atoms with Crippen molar-refractivity contribution in [2.75, 3.05) is 12.4 Å². The van der Waals surface area contributed by atoms with Crippen LogP contribution in [0.3, 0.4) is 0 Å². The average molecular weight is 395 g/mol. The molecule has 0 saturated carbocycles. The van der Waals surface area contributed by atoms with E-state index >= 15 is 0 Å². The molecule has 0 unspecified atom stereocenters. The minimum atomic E-state index is -3.52. The minimum absolute atomic E-state index is 0.130. The van der Waals surface area contributed by atoms with E-state index in [2.05, 4.69) is 5.10 Å². The van der Waals surface area contributed by atoms with E-state index in [1.54, 1.807) is 41.9 Å². The van der Waals surface area contributed by atoms with Gasteiger partial charge in [-0.15, -0.1) is 0 Å². The molecule has 1 N–H and O–H groups in total. The van der Waals surface area contributed by atoms with Crippen LogP contribution in [-0.2, 0) is 9.84 Å². The number of hydrogen-bond donors (Lipinski definition) is 1. The number of halogens is 2. The van der Waals surface area contributed by atoms with Gasteiger partial charge < -0.3 is 5.11 Å². The predicted octanol–water partition coefficient (Wildman–Crippen LogP) is 3.41. The maximum Gasteiger partial charge on any atom is 0.180 e. The van der Waals surface area contributed by atoms with Crippen LogP contribution in [0.4, 0.5) is 4.39 Å². The molecular weight excluding hydrogens is 379 g/mol. The molecule has 5 nitrogen and oxygen atoms in total. The van der Waals surface area contributed by atoms with E-state index in [1.807, 2.05) is 0 Å². The molecule has 1 aromatic heterocycles. The van der Waals surface area contributed by atoms with E-state index in [0.717, 1.165) is 0 Å². The summed E-state index contributed by atoms with van der Waals surface area (Å²) in [4.78, 5) is 0.130. The van der Waals surface area contributed by atoms with Gasteiger partial charge in [0.25, 0.3) is 0 Å². The lowest BCUT2D eigenvalue weighted by atomic mass is 10.1. The summed E-state index contributed by atoms with van der Waals surface area (Å²) in [5.41, 5.74) is 2.47. The number of aliphatic hydroxyl groups is 1. The first-order valence-electron chi connectivity index (χ1n) is 7.78. The molecule has 0 saturated heterocycles. The van der Waals surface area contributed by atoms with Crippen LogP contribution in [0.15, 0.2) is 53.4 Å². The largest absolute Gasteiger partial charge is 0.395 e. The number of rotatable bonds is 5. The van der Waals surface area contributed by atoms with E-state index in [4.69, 9.17) is 16.7 Å². The molecule has 0 fully saturated rings. The van der Waals surface area contributed by atoms with E-state index < -0.39 is 16.4 Å². The van der Waals surface area contributed by atoms with Crippen molar-refractivity contribution in [2.24, 2.45) is 0 Å². The van der Waals surface area contributed by atoms with Gasteiger partial charge in [-0.2, -0.15) is 5.10 Å². The molecule has 0 radical (unpaired) electrons. The quantitative estimate of drug-likeness (QED) is 0.719. The summed E-state index contributed by atoms with van der Waals surface area (Å²) in [5, 5.41) is 13.4. The molecule has 3 rings (SSSR count). The van der Waals surface area contributed by atoms with E-state index in [-0.39, 0.29) is 21.6 Å². The lowest BCUT2D eigenvalue weighted by molar-refractivity contribution is 0.319. The maximum absolute atomic E-state index is 13.5. The lowest BCUT2D eigenvalue weighted by Crippen LogP contribution is -2.09. The van der Waals surface area contributed by atoms with Gasteiger partial charge in [0.05, 0.1) is 28.6 Å². The first-order chi connectivity index (χ1) is 12.3. The van der Waals surface area contributed by atoms with Gasteiger partial charge >= 0.3 is 0 Å². The third-order valence-electron chi connectivity index (χ3n) is 3.93. The Bertz CT molecular complexity index is 1050. The van der Waals surface area contributed by atoms with Gasteiger partial charge in [0.1, 0.15) is 5.82 Å². The van der Waals surface area contributed by atoms with Crippen LogP contribution in [0.25, 0.3) is 16.9 Å². The SMILES string of the molecule is Cc1cc(-n2nc(Cl)cc2-c2ccc(S(=O)(=O)CCO)cc2)ccc1F. The van der Waals surface area contributed by atoms with Crippen LogP contribution in [0.1, 0.15) is 5.56 Å². The first-order valence-corrected chi connectivity index (χ1v) is 9.81. The lowest BCUT2D eigenvalue weighted by Gasteiger charge is -2.10. The zero-order chi connectivity index (χ0) is 18.9. The third-order valence-corrected chi connectivity index (χ3v) is 5.83. The van der Waals surface area contributed by atoms with Gasteiger partial charge in [-0.25, -0.2) is 17.5 Å². The highest BCUT2D eigenvalue weighted by molar-refractivity contribution is 7.91. The summed E-state index contributed by atoms with van der Waals surface area (Å²) in [6.07, 6.45) is 0. The maximum atomic E-state index is 13.5. The molecule has 0 aliphatic rings. The van der Waals surface area contributed by atoms with Crippen LogP contribution in [0.5, 0.6) is 0 Å². The molecule has 26 heavy (non-hydrogen) atoms. The van der Waals surface area contributed by atoms with Crippen molar-refractivity contribution in [1.82, 2.24) is 9.78 Å². The molecule has 0 aliphatic heterocycles. The number of hydrogen-bond acceptors (Lipinski definition) is 4. The van der Waals surface area contributed by atoms with Crippen molar-refractivity contribution in [3.8, 4) is 16.9 Å². The molecule has 136 valence electrons. The van der Waals surface area contributed by atoms with Crippen LogP contribution >= 0.6 is 11.6 Å². The Morgan fingerprint density at radius 1 is 1.15 bits per heavy atom. The van der Waals surface area contributed by atoms with Crippen LogP contribution in [0, 0.1) is 12.7 Å². The average Bonchev–Trinajstić information content (AvgIpc) is 2.99. The van der Waals surface area contributed by atoms with Gasteiger partial charge in [0.2, 0.25) is 0 Å². The fourth-order valence-corrected chi connectivity index (χ4v) is 3.79. The topological polar surface area (TPSA) is 72.2 Å². The zero-order valence-corrected chi connectivity index (χ0v) is 15.4. The van der Waals surface area contributed by atoms with Gasteiger partial charge in [-0.1, -0.05) is 23.7 Å². The standard InChI is InChI=1S/C18H16ClFN2O3S/c1-12-10-14(4-7-16(12)20)22-17(11-18(19)21-22)13-2-5-15(6-3-13)26(24,25)9-8-23/h2-7,10-11,23H,8-9H2,1H3. The summed E-state index contributed by atoms with van der Waals surface area (Å²) in [6, 6.07) is 12.5. The van der Waals surface area contributed by atoms with Crippen molar-refractivity contribution in [3.05, 3.63) is 65.1 Å². The minimum Gasteiger partial charge on any atom is -0.395 e. The monoisotopic (exact) mass is 394 g/mol. The smallest absolute Gasteiger partial charge is 0.180 e. The molecule has 0 amide bonds. The molecular formula is C18H16ClFN2O3S. The summed E-state index contributed by atoms with van der Waals surface area (Å²) < 4.78 is 39.1. The van der Waals surface area contributed by atoms with Gasteiger partial charge in [-0.3, -0.25) is 0 Å². The molecule has 2 aromatic carbocycles. The van der Waals surface area contributed by atoms with Gasteiger partial charge in [0.15, 0.2) is 15.0 Å². The van der Waals surface area contributed by atoms with Crippen molar-refractivity contribution < 1.29 is 17.9 Å². The number of benzene rings is 2. The van der Waals surface area contributed by atoms with E-state index in [1.165, 1.54) is 18.2 Å². The predicted molar refractivity (Wildman–Crippen MR) is 97.8 cm³/mol. The van der Waals surface area contributed by atoms with Crippen LogP contribution in [0.2, 0.25) is 5.15 Å². The summed E-state index contributed by atoms with van der Waals surface area (Å²) >= 11 is 6.05. The second-order valence-corrected chi connectivity index (χ2v) is 8.26. The highest BCUT2D eigenvalue weighted by atomic mass is 35.5. The van der Waals surface area contributed by atoms with E-state index in [9.17, 15) is 12.8 Å². The Labute approximate surface area is 155 Å². The molecule has 3 aromatic rings. The third kappa shape index (κ3) is 3.65. The Balaban J connectivity index is 2.04. The van der Waals surface area contributed by atoms with Crippen molar-refractivity contribution in [1.29, 1.82) is 0 Å². The summed E-state index contributed by atoms with van der Waals surface area (Å²) in [7, 11) is -3.52. The molecule has 8 heteroatoms. The highest BCUT2D eigenvalue weighted by Crippen LogP contribution is 2.28. The van der Waals surface area contributed by atoms with Crippen molar-refractivity contribution >= 4 is 21.4 Å². The normalized spacial score (nSPS) is 11.7. The van der Waals surface area contributed by atoms with Gasteiger partial charge in [0, 0.05) is 11.6 Å². The Hall–Kier alpha value is -2.22. The Kier molecular flexibility index (Phi) is 5.13. The fraction of sp³-hybridized carbons (Fsp3) is 0.167. The number of nitrogens with zero attached hydrogens (tertiary/aromatic N) is 2. The number of aryl methyl sites for hydroxylation is 1. The molecule has 0 bridgehead atoms. The molecule has 0 aliphatic carbocycles. The van der Waals surface area contributed by atoms with Gasteiger partial charge in [-0.05, 0) is 42.8 Å². The number of aromatic nitrogens is 2. The Morgan fingerprint density at radius 3 is 2.46 bits per heavy atom. The second-order valence-electron chi connectivity index (χ2n) is 5.76. The van der Waals surface area contributed by atoms with Crippen molar-refractivity contribution in [2.45, 2.75) is 11.8 Å². The molecule has 0 atom stereocenters. The summed E-state index contributed by atoms with van der Waals surface area (Å²) in [5.74, 6) is -0.641. The van der Waals surface area contributed by atoms with Crippen LogP contribution in [-0.4, -0.2) is 35.7 Å². The fourth-order valence-electron chi connectivity index (χ4n) is 2.59. The second kappa shape index (κ2) is 7.19. The summed E-state index contributed by atoms with van der Waals surface area (Å²) in [6.45, 7) is 1.22. The molecule has 1 heterocycles. The van der Waals surface area contributed by atoms with Crippen molar-refractivity contribution in [3.63, 3.8) is 0 Å². The first kappa shape index (κ1) is 18.6. The zero-order valence-electron chi connectivity index (χ0n) is 13.9. The number of sulfone groups is 1. The van der Waals surface area contributed by atoms with Crippen LogP contribution < -0.4 is 0 Å². The highest BCUT2D eigenvalue weighted by Gasteiger charge is 2.16.